The normalized spacial score (nSPS) is 18.8. The number of rotatable bonds is 4. The van der Waals surface area contributed by atoms with Crippen molar-refractivity contribution in [3.05, 3.63) is 52.7 Å². The molecule has 1 aliphatic rings. The van der Waals surface area contributed by atoms with Gasteiger partial charge in [0.15, 0.2) is 0 Å². The van der Waals surface area contributed by atoms with Gasteiger partial charge in [0, 0.05) is 12.7 Å². The van der Waals surface area contributed by atoms with Gasteiger partial charge in [0.1, 0.15) is 5.69 Å². The summed E-state index contributed by atoms with van der Waals surface area (Å²) in [5.74, 6) is 1.20. The monoisotopic (exact) mass is 312 g/mol. The Morgan fingerprint density at radius 2 is 2.27 bits per heavy atom. The summed E-state index contributed by atoms with van der Waals surface area (Å²) in [7, 11) is 0. The van der Waals surface area contributed by atoms with E-state index in [1.807, 2.05) is 18.2 Å². The van der Waals surface area contributed by atoms with Crippen molar-refractivity contribution in [1.82, 2.24) is 20.1 Å². The largest absolute Gasteiger partial charge is 0.418 e. The van der Waals surface area contributed by atoms with Crippen molar-refractivity contribution in [3.8, 4) is 11.6 Å². The van der Waals surface area contributed by atoms with Crippen LogP contribution in [0.5, 0.6) is 0 Å². The molecule has 0 amide bonds. The second-order valence-electron chi connectivity index (χ2n) is 5.42. The van der Waals surface area contributed by atoms with Crippen molar-refractivity contribution < 1.29 is 4.42 Å². The van der Waals surface area contributed by atoms with Crippen LogP contribution in [0.1, 0.15) is 30.3 Å². The van der Waals surface area contributed by atoms with Crippen LogP contribution in [0.2, 0.25) is 0 Å². The second-order valence-corrected chi connectivity index (χ2v) is 6.20. The van der Waals surface area contributed by atoms with Gasteiger partial charge in [-0.2, -0.15) is 11.3 Å². The lowest BCUT2D eigenvalue weighted by Crippen LogP contribution is -2.22. The summed E-state index contributed by atoms with van der Waals surface area (Å²) in [5.41, 5.74) is 2.07. The highest BCUT2D eigenvalue weighted by Gasteiger charge is 2.30. The molecule has 4 heterocycles. The molecule has 5 nitrogen and oxygen atoms in total. The summed E-state index contributed by atoms with van der Waals surface area (Å²) in [5, 5.41) is 12.7. The molecule has 1 fully saturated rings. The van der Waals surface area contributed by atoms with Crippen LogP contribution in [0, 0.1) is 0 Å². The van der Waals surface area contributed by atoms with Crippen molar-refractivity contribution in [2.24, 2.45) is 0 Å². The number of likely N-dealkylation sites (tertiary alicyclic amines) is 1. The molecule has 0 spiro atoms. The summed E-state index contributed by atoms with van der Waals surface area (Å²) in [4.78, 5) is 6.67. The highest BCUT2D eigenvalue weighted by molar-refractivity contribution is 7.07. The zero-order valence-corrected chi connectivity index (χ0v) is 12.9. The molecule has 3 aromatic rings. The maximum Gasteiger partial charge on any atom is 0.266 e. The minimum absolute atomic E-state index is 0.213. The van der Waals surface area contributed by atoms with Crippen LogP contribution in [0.3, 0.4) is 0 Å². The van der Waals surface area contributed by atoms with Crippen LogP contribution in [0.25, 0.3) is 11.6 Å². The van der Waals surface area contributed by atoms with E-state index in [1.165, 1.54) is 5.56 Å². The van der Waals surface area contributed by atoms with Gasteiger partial charge >= 0.3 is 0 Å². The molecular formula is C16H16N4OS. The summed E-state index contributed by atoms with van der Waals surface area (Å²) in [6, 6.07) is 8.07. The summed E-state index contributed by atoms with van der Waals surface area (Å²) in [6.45, 7) is 2.01. The van der Waals surface area contributed by atoms with Crippen molar-refractivity contribution in [1.29, 1.82) is 0 Å². The molecule has 0 N–H and O–H groups in total. The molecule has 0 aliphatic carbocycles. The van der Waals surface area contributed by atoms with Crippen LogP contribution < -0.4 is 0 Å². The lowest BCUT2D eigenvalue weighted by Gasteiger charge is -2.20. The summed E-state index contributed by atoms with van der Waals surface area (Å²) in [6.07, 6.45) is 3.96. The highest BCUT2D eigenvalue weighted by atomic mass is 32.1. The van der Waals surface area contributed by atoms with Gasteiger partial charge in [0.25, 0.3) is 5.89 Å². The third-order valence-electron chi connectivity index (χ3n) is 3.94. The standard InChI is InChI=1S/C16H16N4OS/c1-2-7-17-13(4-1)15-18-19-16(21-15)14-5-3-8-20(14)10-12-6-9-22-11-12/h1-2,4,6-7,9,11,14H,3,5,8,10H2/t14-/m1/s1. The second kappa shape index (κ2) is 5.98. The highest BCUT2D eigenvalue weighted by Crippen LogP contribution is 2.33. The third-order valence-corrected chi connectivity index (χ3v) is 4.67. The van der Waals surface area contributed by atoms with Crippen LogP contribution in [-0.4, -0.2) is 26.6 Å². The Morgan fingerprint density at radius 3 is 3.09 bits per heavy atom. The fourth-order valence-electron chi connectivity index (χ4n) is 2.87. The Labute approximate surface area is 132 Å². The molecule has 3 aromatic heterocycles. The van der Waals surface area contributed by atoms with Gasteiger partial charge in [-0.3, -0.25) is 9.88 Å². The van der Waals surface area contributed by atoms with Crippen molar-refractivity contribution in [2.45, 2.75) is 25.4 Å². The predicted molar refractivity (Wildman–Crippen MR) is 84.2 cm³/mol. The molecule has 0 bridgehead atoms. The summed E-state index contributed by atoms with van der Waals surface area (Å²) < 4.78 is 5.88. The van der Waals surface area contributed by atoms with E-state index >= 15 is 0 Å². The Bertz CT molecular complexity index is 726. The van der Waals surface area contributed by atoms with Crippen LogP contribution in [0.15, 0.2) is 45.6 Å². The van der Waals surface area contributed by atoms with Crippen LogP contribution >= 0.6 is 11.3 Å². The predicted octanol–water partition coefficient (Wildman–Crippen LogP) is 3.53. The van der Waals surface area contributed by atoms with Crippen molar-refractivity contribution in [3.63, 3.8) is 0 Å². The minimum atomic E-state index is 0.213. The number of nitrogens with zero attached hydrogens (tertiary/aromatic N) is 4. The molecule has 1 atom stereocenters. The average Bonchev–Trinajstić information content (AvgIpc) is 3.30. The maximum atomic E-state index is 5.88. The van der Waals surface area contributed by atoms with E-state index in [-0.39, 0.29) is 6.04 Å². The maximum absolute atomic E-state index is 5.88. The molecular weight excluding hydrogens is 296 g/mol. The topological polar surface area (TPSA) is 55.1 Å². The number of thiophene rings is 1. The van der Waals surface area contributed by atoms with Crippen molar-refractivity contribution in [2.75, 3.05) is 6.54 Å². The Morgan fingerprint density at radius 1 is 1.27 bits per heavy atom. The summed E-state index contributed by atoms with van der Waals surface area (Å²) >= 11 is 1.74. The van der Waals surface area contributed by atoms with Gasteiger partial charge in [-0.25, -0.2) is 0 Å². The van der Waals surface area contributed by atoms with Gasteiger partial charge in [-0.05, 0) is 53.9 Å². The first-order chi connectivity index (χ1) is 10.9. The van der Waals surface area contributed by atoms with E-state index < -0.39 is 0 Å². The average molecular weight is 312 g/mol. The van der Waals surface area contributed by atoms with E-state index in [0.717, 1.165) is 31.6 Å². The molecule has 0 unspecified atom stereocenters. The lowest BCUT2D eigenvalue weighted by molar-refractivity contribution is 0.216. The SMILES string of the molecule is c1ccc(-c2nnc([C@H]3CCCN3Cc3ccsc3)o2)nc1. The molecule has 1 aliphatic heterocycles. The number of hydrogen-bond acceptors (Lipinski definition) is 6. The van der Waals surface area contributed by atoms with E-state index in [0.29, 0.717) is 11.8 Å². The van der Waals surface area contributed by atoms with Crippen molar-refractivity contribution >= 4 is 11.3 Å². The molecule has 22 heavy (non-hydrogen) atoms. The van der Waals surface area contributed by atoms with E-state index in [2.05, 4.69) is 36.9 Å². The Kier molecular flexibility index (Phi) is 3.70. The molecule has 112 valence electrons. The molecule has 6 heteroatoms. The first kappa shape index (κ1) is 13.6. The Balaban J connectivity index is 1.55. The fraction of sp³-hybridized carbons (Fsp3) is 0.312. The molecule has 1 saturated heterocycles. The van der Waals surface area contributed by atoms with E-state index in [9.17, 15) is 0 Å². The van der Waals surface area contributed by atoms with Gasteiger partial charge in [-0.1, -0.05) is 6.07 Å². The number of aromatic nitrogens is 3. The molecule has 0 aromatic carbocycles. The van der Waals surface area contributed by atoms with Gasteiger partial charge in [0.2, 0.25) is 5.89 Å². The zero-order chi connectivity index (χ0) is 14.8. The molecule has 0 saturated carbocycles. The minimum Gasteiger partial charge on any atom is -0.418 e. The Hall–Kier alpha value is -2.05. The molecule has 0 radical (unpaired) electrons. The van der Waals surface area contributed by atoms with Crippen LogP contribution in [-0.2, 0) is 6.54 Å². The van der Waals surface area contributed by atoms with E-state index in [4.69, 9.17) is 4.42 Å². The molecule has 4 rings (SSSR count). The number of hydrogen-bond donors (Lipinski definition) is 0. The lowest BCUT2D eigenvalue weighted by atomic mass is 10.2. The van der Waals surface area contributed by atoms with Gasteiger partial charge in [0.05, 0.1) is 6.04 Å². The van der Waals surface area contributed by atoms with Gasteiger partial charge < -0.3 is 4.42 Å². The first-order valence-corrected chi connectivity index (χ1v) is 8.34. The fourth-order valence-corrected chi connectivity index (χ4v) is 3.53. The smallest absolute Gasteiger partial charge is 0.266 e. The third kappa shape index (κ3) is 2.67. The van der Waals surface area contributed by atoms with Gasteiger partial charge in [-0.15, -0.1) is 10.2 Å². The zero-order valence-electron chi connectivity index (χ0n) is 12.1. The quantitative estimate of drug-likeness (QED) is 0.737. The van der Waals surface area contributed by atoms with E-state index in [1.54, 1.807) is 17.5 Å². The number of pyridine rings is 1. The first-order valence-electron chi connectivity index (χ1n) is 7.40. The van der Waals surface area contributed by atoms with Crippen LogP contribution in [0.4, 0.5) is 0 Å².